The van der Waals surface area contributed by atoms with Gasteiger partial charge in [0.25, 0.3) is 0 Å². The molecule has 15 heavy (non-hydrogen) atoms. The molecule has 0 amide bonds. The predicted molar refractivity (Wildman–Crippen MR) is 66.0 cm³/mol. The van der Waals surface area contributed by atoms with Crippen molar-refractivity contribution in [1.82, 2.24) is 4.90 Å². The Hall–Kier alpha value is -0.0400. The van der Waals surface area contributed by atoms with Crippen LogP contribution in [0.1, 0.15) is 66.2 Å². The molecule has 2 fully saturated rings. The zero-order valence-corrected chi connectivity index (χ0v) is 10.9. The van der Waals surface area contributed by atoms with Crippen LogP contribution in [0.3, 0.4) is 0 Å². The molecule has 2 aliphatic rings. The van der Waals surface area contributed by atoms with Crippen molar-refractivity contribution in [3.05, 3.63) is 0 Å². The number of nitrogens with zero attached hydrogens (tertiary/aromatic N) is 1. The third kappa shape index (κ3) is 1.84. The van der Waals surface area contributed by atoms with Crippen molar-refractivity contribution in [2.24, 2.45) is 5.92 Å². The van der Waals surface area contributed by atoms with Gasteiger partial charge in [-0.2, -0.15) is 0 Å². The summed E-state index contributed by atoms with van der Waals surface area (Å²) < 4.78 is 0. The van der Waals surface area contributed by atoms with Crippen molar-refractivity contribution in [2.75, 3.05) is 0 Å². The van der Waals surface area contributed by atoms with E-state index in [0.717, 1.165) is 18.0 Å². The Morgan fingerprint density at radius 2 is 1.93 bits per heavy atom. The van der Waals surface area contributed by atoms with E-state index in [1.807, 2.05) is 0 Å². The molecule has 0 aromatic heterocycles. The van der Waals surface area contributed by atoms with Crippen molar-refractivity contribution in [1.29, 1.82) is 0 Å². The lowest BCUT2D eigenvalue weighted by Gasteiger charge is -2.43. The Morgan fingerprint density at radius 3 is 2.53 bits per heavy atom. The van der Waals surface area contributed by atoms with Crippen LogP contribution in [-0.2, 0) is 0 Å². The van der Waals surface area contributed by atoms with E-state index in [9.17, 15) is 0 Å². The Morgan fingerprint density at radius 1 is 1.20 bits per heavy atom. The summed E-state index contributed by atoms with van der Waals surface area (Å²) in [4.78, 5) is 2.88. The molecule has 1 saturated carbocycles. The molecule has 1 heterocycles. The standard InChI is InChI=1S/C14H27N/c1-5-12-10-11-8-7-9-13(11)15(12)14(3,4)6-2/h11-13H,5-10H2,1-4H3/t11-,12+,13-/m0/s1. The SMILES string of the molecule is CC[C@@H]1C[C@@H]2CCC[C@@H]2N1C(C)(C)CC. The van der Waals surface area contributed by atoms with Crippen LogP contribution in [0.25, 0.3) is 0 Å². The summed E-state index contributed by atoms with van der Waals surface area (Å²) in [7, 11) is 0. The van der Waals surface area contributed by atoms with E-state index in [0.29, 0.717) is 5.54 Å². The second-order valence-electron chi connectivity index (χ2n) is 6.13. The molecule has 0 unspecified atom stereocenters. The van der Waals surface area contributed by atoms with Gasteiger partial charge >= 0.3 is 0 Å². The Labute approximate surface area is 95.2 Å². The van der Waals surface area contributed by atoms with Crippen LogP contribution in [0.15, 0.2) is 0 Å². The average molecular weight is 209 g/mol. The van der Waals surface area contributed by atoms with Gasteiger partial charge in [-0.25, -0.2) is 0 Å². The monoisotopic (exact) mass is 209 g/mol. The van der Waals surface area contributed by atoms with Crippen LogP contribution in [0.4, 0.5) is 0 Å². The highest BCUT2D eigenvalue weighted by atomic mass is 15.3. The first-order chi connectivity index (χ1) is 7.10. The quantitative estimate of drug-likeness (QED) is 0.683. The third-order valence-electron chi connectivity index (χ3n) is 4.98. The second-order valence-corrected chi connectivity index (χ2v) is 6.13. The molecule has 0 spiro atoms. The van der Waals surface area contributed by atoms with Gasteiger partial charge in [0.05, 0.1) is 0 Å². The predicted octanol–water partition coefficient (Wildman–Crippen LogP) is 3.83. The van der Waals surface area contributed by atoms with E-state index in [-0.39, 0.29) is 0 Å². The number of hydrogen-bond donors (Lipinski definition) is 0. The summed E-state index contributed by atoms with van der Waals surface area (Å²) in [5, 5.41) is 0. The molecule has 0 aromatic carbocycles. The number of fused-ring (bicyclic) bond motifs is 1. The van der Waals surface area contributed by atoms with Gasteiger partial charge < -0.3 is 0 Å². The normalized spacial score (nSPS) is 37.2. The van der Waals surface area contributed by atoms with Gasteiger partial charge in [0.15, 0.2) is 0 Å². The molecule has 1 saturated heterocycles. The van der Waals surface area contributed by atoms with Crippen molar-refractivity contribution < 1.29 is 0 Å². The molecule has 88 valence electrons. The van der Waals surface area contributed by atoms with E-state index in [1.165, 1.54) is 38.5 Å². The summed E-state index contributed by atoms with van der Waals surface area (Å²) in [6.45, 7) is 9.59. The summed E-state index contributed by atoms with van der Waals surface area (Å²) in [6.07, 6.45) is 8.54. The molecule has 0 radical (unpaired) electrons. The van der Waals surface area contributed by atoms with Crippen molar-refractivity contribution in [3.63, 3.8) is 0 Å². The second kappa shape index (κ2) is 4.08. The lowest BCUT2D eigenvalue weighted by atomic mass is 9.95. The Bertz CT molecular complexity index is 221. The average Bonchev–Trinajstić information content (AvgIpc) is 2.75. The van der Waals surface area contributed by atoms with Crippen molar-refractivity contribution in [3.8, 4) is 0 Å². The largest absolute Gasteiger partial charge is 0.292 e. The summed E-state index contributed by atoms with van der Waals surface area (Å²) in [5.74, 6) is 1.03. The molecular formula is C14H27N. The summed E-state index contributed by atoms with van der Waals surface area (Å²) in [6, 6.07) is 1.79. The Balaban J connectivity index is 2.18. The van der Waals surface area contributed by atoms with Gasteiger partial charge in [0, 0.05) is 17.6 Å². The van der Waals surface area contributed by atoms with Crippen LogP contribution in [0.5, 0.6) is 0 Å². The molecule has 2 rings (SSSR count). The van der Waals surface area contributed by atoms with Crippen molar-refractivity contribution >= 4 is 0 Å². The fourth-order valence-corrected chi connectivity index (χ4v) is 3.88. The van der Waals surface area contributed by atoms with Crippen LogP contribution < -0.4 is 0 Å². The highest BCUT2D eigenvalue weighted by Gasteiger charge is 2.47. The van der Waals surface area contributed by atoms with E-state index < -0.39 is 0 Å². The smallest absolute Gasteiger partial charge is 0.0156 e. The maximum absolute atomic E-state index is 2.88. The van der Waals surface area contributed by atoms with E-state index >= 15 is 0 Å². The van der Waals surface area contributed by atoms with Gasteiger partial charge in [0.2, 0.25) is 0 Å². The third-order valence-corrected chi connectivity index (χ3v) is 4.98. The molecule has 1 aliphatic heterocycles. The van der Waals surface area contributed by atoms with Crippen LogP contribution >= 0.6 is 0 Å². The van der Waals surface area contributed by atoms with Gasteiger partial charge in [-0.3, -0.25) is 4.90 Å². The van der Waals surface area contributed by atoms with E-state index in [2.05, 4.69) is 32.6 Å². The molecule has 0 bridgehead atoms. The van der Waals surface area contributed by atoms with E-state index in [4.69, 9.17) is 0 Å². The van der Waals surface area contributed by atoms with Crippen LogP contribution in [0.2, 0.25) is 0 Å². The first-order valence-corrected chi connectivity index (χ1v) is 6.88. The fourth-order valence-electron chi connectivity index (χ4n) is 3.88. The lowest BCUT2D eigenvalue weighted by Crippen LogP contribution is -2.50. The highest BCUT2D eigenvalue weighted by Crippen LogP contribution is 2.46. The summed E-state index contributed by atoms with van der Waals surface area (Å²) >= 11 is 0. The molecule has 1 aliphatic carbocycles. The minimum atomic E-state index is 0.421. The highest BCUT2D eigenvalue weighted by molar-refractivity contribution is 5.02. The molecule has 3 atom stereocenters. The van der Waals surface area contributed by atoms with Gasteiger partial charge in [-0.05, 0) is 51.9 Å². The maximum atomic E-state index is 2.88. The fraction of sp³-hybridized carbons (Fsp3) is 1.00. The maximum Gasteiger partial charge on any atom is 0.0156 e. The molecule has 0 N–H and O–H groups in total. The molecule has 1 heteroatoms. The van der Waals surface area contributed by atoms with Gasteiger partial charge in [-0.15, -0.1) is 0 Å². The minimum absolute atomic E-state index is 0.421. The van der Waals surface area contributed by atoms with Crippen LogP contribution in [-0.4, -0.2) is 22.5 Å². The first-order valence-electron chi connectivity index (χ1n) is 6.88. The number of likely N-dealkylation sites (tertiary alicyclic amines) is 1. The molecule has 0 aromatic rings. The molecule has 1 nitrogen and oxygen atoms in total. The zero-order valence-electron chi connectivity index (χ0n) is 10.9. The first kappa shape index (κ1) is 11.4. The number of rotatable bonds is 3. The minimum Gasteiger partial charge on any atom is -0.292 e. The summed E-state index contributed by atoms with van der Waals surface area (Å²) in [5.41, 5.74) is 0.421. The van der Waals surface area contributed by atoms with Gasteiger partial charge in [-0.1, -0.05) is 20.3 Å². The van der Waals surface area contributed by atoms with Crippen molar-refractivity contribution in [2.45, 2.75) is 83.8 Å². The van der Waals surface area contributed by atoms with E-state index in [1.54, 1.807) is 0 Å². The Kier molecular flexibility index (Phi) is 3.12. The zero-order chi connectivity index (χ0) is 11.1. The van der Waals surface area contributed by atoms with Gasteiger partial charge in [0.1, 0.15) is 0 Å². The van der Waals surface area contributed by atoms with Crippen LogP contribution in [0, 0.1) is 5.92 Å². The molecular weight excluding hydrogens is 182 g/mol. The number of hydrogen-bond acceptors (Lipinski definition) is 1. The lowest BCUT2D eigenvalue weighted by molar-refractivity contribution is 0.0543. The topological polar surface area (TPSA) is 3.24 Å².